The zero-order chi connectivity index (χ0) is 20.2. The summed E-state index contributed by atoms with van der Waals surface area (Å²) in [6, 6.07) is 23.1. The topological polar surface area (TPSA) is 67.0 Å². The number of hydrogen-bond acceptors (Lipinski definition) is 3. The molecule has 4 aromatic rings. The highest BCUT2D eigenvalue weighted by Gasteiger charge is 2.20. The van der Waals surface area contributed by atoms with Gasteiger partial charge in [0.05, 0.1) is 24.6 Å². The fraction of sp³-hybridized carbons (Fsp3) is 0.167. The van der Waals surface area contributed by atoms with E-state index in [0.717, 1.165) is 39.3 Å². The van der Waals surface area contributed by atoms with Gasteiger partial charge in [0.2, 0.25) is 5.91 Å². The molecule has 0 saturated heterocycles. The Morgan fingerprint density at radius 2 is 1.83 bits per heavy atom. The summed E-state index contributed by atoms with van der Waals surface area (Å²) < 4.78 is 5.18. The lowest BCUT2D eigenvalue weighted by molar-refractivity contribution is -0.121. The number of aromatic nitrogens is 2. The van der Waals surface area contributed by atoms with E-state index in [1.54, 1.807) is 7.11 Å². The number of rotatable bonds is 6. The number of carbonyl (C=O) groups is 1. The van der Waals surface area contributed by atoms with Crippen LogP contribution >= 0.6 is 0 Å². The fourth-order valence-electron chi connectivity index (χ4n) is 3.38. The van der Waals surface area contributed by atoms with E-state index < -0.39 is 0 Å². The molecule has 0 aliphatic heterocycles. The van der Waals surface area contributed by atoms with Crippen LogP contribution in [0.4, 0.5) is 0 Å². The molecule has 0 radical (unpaired) electrons. The number of carbonyl (C=O) groups excluding carboxylic acids is 1. The van der Waals surface area contributed by atoms with E-state index in [1.807, 2.05) is 73.7 Å². The Labute approximate surface area is 169 Å². The van der Waals surface area contributed by atoms with E-state index in [0.29, 0.717) is 0 Å². The summed E-state index contributed by atoms with van der Waals surface area (Å²) in [5.74, 6) is 1.43. The van der Waals surface area contributed by atoms with E-state index in [9.17, 15) is 4.79 Å². The van der Waals surface area contributed by atoms with Gasteiger partial charge in [-0.2, -0.15) is 0 Å². The number of methoxy groups -OCH3 is 1. The van der Waals surface area contributed by atoms with Gasteiger partial charge in [0, 0.05) is 0 Å². The second-order valence-corrected chi connectivity index (χ2v) is 7.08. The smallest absolute Gasteiger partial charge is 0.225 e. The van der Waals surface area contributed by atoms with Crippen LogP contribution in [0.3, 0.4) is 0 Å². The molecule has 146 valence electrons. The summed E-state index contributed by atoms with van der Waals surface area (Å²) >= 11 is 0. The summed E-state index contributed by atoms with van der Waals surface area (Å²) in [5.41, 5.74) is 4.91. The van der Waals surface area contributed by atoms with Gasteiger partial charge in [0.25, 0.3) is 0 Å². The Bertz CT molecular complexity index is 1120. The van der Waals surface area contributed by atoms with Crippen LogP contribution in [0.25, 0.3) is 11.0 Å². The average molecular weight is 385 g/mol. The molecule has 0 fully saturated rings. The predicted molar refractivity (Wildman–Crippen MR) is 114 cm³/mol. The van der Waals surface area contributed by atoms with E-state index in [1.165, 1.54) is 0 Å². The minimum absolute atomic E-state index is 0.0688. The first-order valence-electron chi connectivity index (χ1n) is 9.56. The minimum atomic E-state index is -0.352. The molecule has 5 heteroatoms. The van der Waals surface area contributed by atoms with Crippen LogP contribution < -0.4 is 10.1 Å². The number of nitrogens with one attached hydrogen (secondary N) is 2. The predicted octanol–water partition coefficient (Wildman–Crippen LogP) is 4.33. The van der Waals surface area contributed by atoms with Crippen molar-refractivity contribution in [3.05, 3.63) is 95.3 Å². The Balaban J connectivity index is 1.60. The first-order chi connectivity index (χ1) is 14.1. The number of aromatic amines is 1. The molecule has 0 bridgehead atoms. The maximum Gasteiger partial charge on any atom is 0.225 e. The standard InChI is InChI=1S/C24H23N3O2/c1-16-8-13-20-21(14-16)26-24(25-20)23(18-6-4-3-5-7-18)27-22(28)15-17-9-11-19(29-2)12-10-17/h3-14,23H,15H2,1-2H3,(H,25,26)(H,27,28). The highest BCUT2D eigenvalue weighted by atomic mass is 16.5. The highest BCUT2D eigenvalue weighted by molar-refractivity contribution is 5.80. The van der Waals surface area contributed by atoms with Gasteiger partial charge < -0.3 is 15.0 Å². The first-order valence-corrected chi connectivity index (χ1v) is 9.56. The lowest BCUT2D eigenvalue weighted by Gasteiger charge is -2.17. The molecule has 0 aliphatic carbocycles. The molecule has 5 nitrogen and oxygen atoms in total. The van der Waals surface area contributed by atoms with Gasteiger partial charge in [-0.15, -0.1) is 0 Å². The molecule has 1 atom stereocenters. The molecule has 0 saturated carbocycles. The van der Waals surface area contributed by atoms with Crippen LogP contribution in [0, 0.1) is 6.92 Å². The van der Waals surface area contributed by atoms with Crippen molar-refractivity contribution in [1.82, 2.24) is 15.3 Å². The lowest BCUT2D eigenvalue weighted by Crippen LogP contribution is -2.31. The van der Waals surface area contributed by atoms with Crippen molar-refractivity contribution in [1.29, 1.82) is 0 Å². The molecule has 0 aliphatic rings. The van der Waals surface area contributed by atoms with Crippen LogP contribution in [-0.4, -0.2) is 23.0 Å². The molecule has 1 heterocycles. The molecule has 1 amide bonds. The highest BCUT2D eigenvalue weighted by Crippen LogP contribution is 2.23. The monoisotopic (exact) mass is 385 g/mol. The van der Waals surface area contributed by atoms with Gasteiger partial charge in [-0.1, -0.05) is 48.5 Å². The zero-order valence-electron chi connectivity index (χ0n) is 16.5. The fourth-order valence-corrected chi connectivity index (χ4v) is 3.38. The number of H-pyrrole nitrogens is 1. The average Bonchev–Trinajstić information content (AvgIpc) is 3.16. The van der Waals surface area contributed by atoms with Gasteiger partial charge in [-0.25, -0.2) is 4.98 Å². The quantitative estimate of drug-likeness (QED) is 0.519. The van der Waals surface area contributed by atoms with Crippen LogP contribution in [0.1, 0.15) is 28.6 Å². The number of aryl methyl sites for hydroxylation is 1. The van der Waals surface area contributed by atoms with Crippen molar-refractivity contribution in [2.24, 2.45) is 0 Å². The molecular formula is C24H23N3O2. The Morgan fingerprint density at radius 3 is 2.55 bits per heavy atom. The number of nitrogens with zero attached hydrogens (tertiary/aromatic N) is 1. The van der Waals surface area contributed by atoms with E-state index in [2.05, 4.69) is 16.4 Å². The number of benzene rings is 3. The van der Waals surface area contributed by atoms with Gasteiger partial charge in [0.15, 0.2) is 0 Å². The molecule has 4 rings (SSSR count). The van der Waals surface area contributed by atoms with E-state index in [-0.39, 0.29) is 18.4 Å². The SMILES string of the molecule is COc1ccc(CC(=O)NC(c2ccccc2)c2nc3ccc(C)cc3[nH]2)cc1. The van der Waals surface area contributed by atoms with Crippen LogP contribution in [0.2, 0.25) is 0 Å². The normalized spacial score (nSPS) is 11.9. The molecule has 1 aromatic heterocycles. The third-order valence-electron chi connectivity index (χ3n) is 4.89. The number of fused-ring (bicyclic) bond motifs is 1. The molecule has 3 aromatic carbocycles. The van der Waals surface area contributed by atoms with Crippen molar-refractivity contribution in [2.75, 3.05) is 7.11 Å². The molecule has 2 N–H and O–H groups in total. The van der Waals surface area contributed by atoms with E-state index >= 15 is 0 Å². The van der Waals surface area contributed by atoms with Crippen molar-refractivity contribution in [3.8, 4) is 5.75 Å². The van der Waals surface area contributed by atoms with Crippen LogP contribution in [-0.2, 0) is 11.2 Å². The third kappa shape index (κ3) is 4.29. The molecule has 1 unspecified atom stereocenters. The largest absolute Gasteiger partial charge is 0.497 e. The second-order valence-electron chi connectivity index (χ2n) is 7.08. The Hall–Kier alpha value is -3.60. The summed E-state index contributed by atoms with van der Waals surface area (Å²) in [4.78, 5) is 20.9. The van der Waals surface area contributed by atoms with Gasteiger partial charge in [0.1, 0.15) is 17.6 Å². The number of ether oxygens (including phenoxy) is 1. The Morgan fingerprint density at radius 1 is 1.07 bits per heavy atom. The van der Waals surface area contributed by atoms with Gasteiger partial charge >= 0.3 is 0 Å². The Kier molecular flexibility index (Phi) is 5.29. The molecular weight excluding hydrogens is 362 g/mol. The zero-order valence-corrected chi connectivity index (χ0v) is 16.5. The lowest BCUT2D eigenvalue weighted by atomic mass is 10.1. The maximum absolute atomic E-state index is 12.8. The maximum atomic E-state index is 12.8. The minimum Gasteiger partial charge on any atom is -0.497 e. The number of amides is 1. The summed E-state index contributed by atoms with van der Waals surface area (Å²) in [5, 5.41) is 3.14. The summed E-state index contributed by atoms with van der Waals surface area (Å²) in [6.07, 6.45) is 0.284. The summed E-state index contributed by atoms with van der Waals surface area (Å²) in [6.45, 7) is 2.05. The van der Waals surface area contributed by atoms with Crippen molar-refractivity contribution >= 4 is 16.9 Å². The third-order valence-corrected chi connectivity index (χ3v) is 4.89. The molecule has 29 heavy (non-hydrogen) atoms. The summed E-state index contributed by atoms with van der Waals surface area (Å²) in [7, 11) is 1.63. The number of imidazole rings is 1. The van der Waals surface area contributed by atoms with Crippen LogP contribution in [0.15, 0.2) is 72.8 Å². The van der Waals surface area contributed by atoms with Gasteiger partial charge in [-0.3, -0.25) is 4.79 Å². The van der Waals surface area contributed by atoms with Gasteiger partial charge in [-0.05, 0) is 47.9 Å². The van der Waals surface area contributed by atoms with Crippen molar-refractivity contribution in [2.45, 2.75) is 19.4 Å². The van der Waals surface area contributed by atoms with E-state index in [4.69, 9.17) is 9.72 Å². The first kappa shape index (κ1) is 18.7. The number of hydrogen-bond donors (Lipinski definition) is 2. The molecule has 0 spiro atoms. The van der Waals surface area contributed by atoms with Crippen molar-refractivity contribution < 1.29 is 9.53 Å². The second kappa shape index (κ2) is 8.19. The van der Waals surface area contributed by atoms with Crippen molar-refractivity contribution in [3.63, 3.8) is 0 Å². The van der Waals surface area contributed by atoms with Crippen LogP contribution in [0.5, 0.6) is 5.75 Å².